The number of benzene rings is 2. The molecule has 31 heavy (non-hydrogen) atoms. The maximum absolute atomic E-state index is 12.5. The molecule has 0 aliphatic carbocycles. The molecule has 1 N–H and O–H groups in total. The van der Waals surface area contributed by atoms with E-state index in [1.165, 1.54) is 26.0 Å². The van der Waals surface area contributed by atoms with Crippen LogP contribution >= 0.6 is 11.8 Å². The summed E-state index contributed by atoms with van der Waals surface area (Å²) in [6.45, 7) is 2.80. The molecular formula is C22H24N4O4S. The van der Waals surface area contributed by atoms with Crippen LogP contribution in [0.25, 0.3) is 0 Å². The second-order valence-corrected chi connectivity index (χ2v) is 7.42. The summed E-state index contributed by atoms with van der Waals surface area (Å²) >= 11 is 1.33. The van der Waals surface area contributed by atoms with Crippen LogP contribution in [-0.2, 0) is 13.1 Å². The van der Waals surface area contributed by atoms with Gasteiger partial charge in [0.05, 0.1) is 26.5 Å². The Labute approximate surface area is 185 Å². The summed E-state index contributed by atoms with van der Waals surface area (Å²) in [5.74, 6) is 1.68. The highest BCUT2D eigenvalue weighted by Crippen LogP contribution is 2.27. The average Bonchev–Trinajstić information content (AvgIpc) is 3.22. The summed E-state index contributed by atoms with van der Waals surface area (Å²) in [6.07, 6.45) is 0. The van der Waals surface area contributed by atoms with Crippen LogP contribution in [-0.4, -0.2) is 46.4 Å². The molecule has 1 heterocycles. The number of ether oxygens (including phenoxy) is 2. The monoisotopic (exact) mass is 440 g/mol. The molecule has 3 aromatic rings. The van der Waals surface area contributed by atoms with Gasteiger partial charge in [0.2, 0.25) is 0 Å². The molecule has 1 aromatic heterocycles. The van der Waals surface area contributed by atoms with Crippen molar-refractivity contribution < 1.29 is 19.1 Å². The summed E-state index contributed by atoms with van der Waals surface area (Å²) in [7, 11) is 3.06. The van der Waals surface area contributed by atoms with Crippen LogP contribution in [0.4, 0.5) is 0 Å². The fraction of sp³-hybridized carbons (Fsp3) is 0.273. The van der Waals surface area contributed by atoms with E-state index in [0.29, 0.717) is 40.2 Å². The molecule has 0 atom stereocenters. The fourth-order valence-corrected chi connectivity index (χ4v) is 3.87. The molecule has 8 nitrogen and oxygen atoms in total. The predicted octanol–water partition coefficient (Wildman–Crippen LogP) is 3.22. The highest BCUT2D eigenvalue weighted by atomic mass is 32.2. The zero-order valence-electron chi connectivity index (χ0n) is 17.6. The summed E-state index contributed by atoms with van der Waals surface area (Å²) in [5.41, 5.74) is 1.11. The standard InChI is InChI=1S/C22H24N4O4S/c1-4-26-20(13-23-21(28)16-10-11-18(29-2)19(12-16)30-3)24-25-22(26)31-14-17(27)15-8-6-5-7-9-15/h5-12H,4,13-14H2,1-3H3,(H,23,28). The Morgan fingerprint density at radius 3 is 2.42 bits per heavy atom. The van der Waals surface area contributed by atoms with Crippen molar-refractivity contribution >= 4 is 23.5 Å². The van der Waals surface area contributed by atoms with Crippen molar-refractivity contribution in [3.8, 4) is 11.5 Å². The maximum Gasteiger partial charge on any atom is 0.251 e. The van der Waals surface area contributed by atoms with Crippen molar-refractivity contribution in [3.63, 3.8) is 0 Å². The van der Waals surface area contributed by atoms with Gasteiger partial charge in [-0.3, -0.25) is 9.59 Å². The second kappa shape index (κ2) is 10.6. The Hall–Kier alpha value is -3.33. The van der Waals surface area contributed by atoms with Crippen LogP contribution in [0.3, 0.4) is 0 Å². The van der Waals surface area contributed by atoms with Crippen molar-refractivity contribution in [1.29, 1.82) is 0 Å². The lowest BCUT2D eigenvalue weighted by Gasteiger charge is -2.11. The minimum Gasteiger partial charge on any atom is -0.493 e. The van der Waals surface area contributed by atoms with Gasteiger partial charge in [0.15, 0.2) is 28.3 Å². The maximum atomic E-state index is 12.5. The van der Waals surface area contributed by atoms with Gasteiger partial charge in [-0.05, 0) is 25.1 Å². The zero-order valence-corrected chi connectivity index (χ0v) is 18.4. The van der Waals surface area contributed by atoms with Gasteiger partial charge in [-0.25, -0.2) is 0 Å². The van der Waals surface area contributed by atoms with Gasteiger partial charge < -0.3 is 19.4 Å². The van der Waals surface area contributed by atoms with Crippen LogP contribution in [0.2, 0.25) is 0 Å². The van der Waals surface area contributed by atoms with Crippen LogP contribution in [0.5, 0.6) is 11.5 Å². The van der Waals surface area contributed by atoms with E-state index in [9.17, 15) is 9.59 Å². The molecule has 0 aliphatic rings. The first kappa shape index (κ1) is 22.4. The Bertz CT molecular complexity index is 1050. The number of hydrogen-bond acceptors (Lipinski definition) is 7. The number of amides is 1. The van der Waals surface area contributed by atoms with Gasteiger partial charge in [-0.2, -0.15) is 0 Å². The number of ketones is 1. The number of rotatable bonds is 10. The summed E-state index contributed by atoms with van der Waals surface area (Å²) < 4.78 is 12.3. The van der Waals surface area contributed by atoms with Gasteiger partial charge in [0, 0.05) is 17.7 Å². The lowest BCUT2D eigenvalue weighted by atomic mass is 10.2. The van der Waals surface area contributed by atoms with Gasteiger partial charge in [0.1, 0.15) is 0 Å². The molecule has 3 rings (SSSR count). The largest absolute Gasteiger partial charge is 0.493 e. The van der Waals surface area contributed by atoms with E-state index in [0.717, 1.165) is 0 Å². The van der Waals surface area contributed by atoms with Crippen LogP contribution in [0.1, 0.15) is 33.5 Å². The molecule has 0 bridgehead atoms. The van der Waals surface area contributed by atoms with Gasteiger partial charge in [-0.15, -0.1) is 10.2 Å². The number of methoxy groups -OCH3 is 2. The molecule has 0 radical (unpaired) electrons. The molecular weight excluding hydrogens is 416 g/mol. The third kappa shape index (κ3) is 5.43. The molecule has 162 valence electrons. The number of nitrogens with zero attached hydrogens (tertiary/aromatic N) is 3. The lowest BCUT2D eigenvalue weighted by Crippen LogP contribution is -2.24. The normalized spacial score (nSPS) is 10.5. The Kier molecular flexibility index (Phi) is 7.66. The van der Waals surface area contributed by atoms with Gasteiger partial charge >= 0.3 is 0 Å². The quantitative estimate of drug-likeness (QED) is 0.382. The van der Waals surface area contributed by atoms with Crippen LogP contribution in [0.15, 0.2) is 53.7 Å². The third-order valence-electron chi connectivity index (χ3n) is 4.59. The SMILES string of the molecule is CCn1c(CNC(=O)c2ccc(OC)c(OC)c2)nnc1SCC(=O)c1ccccc1. The smallest absolute Gasteiger partial charge is 0.251 e. The fourth-order valence-electron chi connectivity index (χ4n) is 2.95. The topological polar surface area (TPSA) is 95.3 Å². The molecule has 0 aliphatic heterocycles. The summed E-state index contributed by atoms with van der Waals surface area (Å²) in [5, 5.41) is 11.9. The van der Waals surface area contributed by atoms with Gasteiger partial charge in [0.25, 0.3) is 5.91 Å². The highest BCUT2D eigenvalue weighted by Gasteiger charge is 2.16. The van der Waals surface area contributed by atoms with E-state index in [1.807, 2.05) is 29.7 Å². The number of Topliss-reactive ketones (excluding diaryl/α,β-unsaturated/α-hetero) is 1. The average molecular weight is 441 g/mol. The molecule has 0 saturated heterocycles. The van der Waals surface area contributed by atoms with E-state index in [2.05, 4.69) is 15.5 Å². The first-order valence-corrected chi connectivity index (χ1v) is 10.7. The van der Waals surface area contributed by atoms with Crippen molar-refractivity contribution in [2.45, 2.75) is 25.2 Å². The molecule has 0 saturated carbocycles. The highest BCUT2D eigenvalue weighted by molar-refractivity contribution is 7.99. The number of aromatic nitrogens is 3. The van der Waals surface area contributed by atoms with E-state index in [4.69, 9.17) is 9.47 Å². The zero-order chi connectivity index (χ0) is 22.2. The van der Waals surface area contributed by atoms with Crippen molar-refractivity contribution in [1.82, 2.24) is 20.1 Å². The lowest BCUT2D eigenvalue weighted by molar-refractivity contribution is 0.0948. The predicted molar refractivity (Wildman–Crippen MR) is 118 cm³/mol. The van der Waals surface area contributed by atoms with Crippen molar-refractivity contribution in [2.75, 3.05) is 20.0 Å². The summed E-state index contributed by atoms with van der Waals surface area (Å²) in [4.78, 5) is 24.9. The first-order chi connectivity index (χ1) is 15.1. The first-order valence-electron chi connectivity index (χ1n) is 9.70. The number of nitrogens with one attached hydrogen (secondary N) is 1. The number of carbonyl (C=O) groups excluding carboxylic acids is 2. The van der Waals surface area contributed by atoms with E-state index in [-0.39, 0.29) is 24.0 Å². The second-order valence-electron chi connectivity index (χ2n) is 6.47. The Morgan fingerprint density at radius 2 is 1.74 bits per heavy atom. The minimum absolute atomic E-state index is 0.0274. The number of hydrogen-bond donors (Lipinski definition) is 1. The molecule has 1 amide bonds. The minimum atomic E-state index is -0.264. The number of thioether (sulfide) groups is 1. The van der Waals surface area contributed by atoms with Crippen LogP contribution < -0.4 is 14.8 Å². The Balaban J connectivity index is 1.63. The van der Waals surface area contributed by atoms with Crippen molar-refractivity contribution in [3.05, 3.63) is 65.5 Å². The number of carbonyl (C=O) groups is 2. The molecule has 0 unspecified atom stereocenters. The molecule has 2 aromatic carbocycles. The third-order valence-corrected chi connectivity index (χ3v) is 5.56. The van der Waals surface area contributed by atoms with E-state index >= 15 is 0 Å². The van der Waals surface area contributed by atoms with E-state index < -0.39 is 0 Å². The Morgan fingerprint density at radius 1 is 1.00 bits per heavy atom. The molecule has 9 heteroatoms. The van der Waals surface area contributed by atoms with Crippen molar-refractivity contribution in [2.24, 2.45) is 0 Å². The van der Waals surface area contributed by atoms with E-state index in [1.54, 1.807) is 30.3 Å². The van der Waals surface area contributed by atoms with Crippen LogP contribution in [0, 0.1) is 0 Å². The van der Waals surface area contributed by atoms with Gasteiger partial charge in [-0.1, -0.05) is 42.1 Å². The molecule has 0 fully saturated rings. The molecule has 0 spiro atoms. The summed E-state index contributed by atoms with van der Waals surface area (Å²) in [6, 6.07) is 14.1.